The van der Waals surface area contributed by atoms with Crippen molar-refractivity contribution in [2.75, 3.05) is 0 Å². The number of nitrogens with zero attached hydrogens (tertiary/aromatic N) is 3. The molecule has 3 rings (SSSR count). The molecule has 0 saturated carbocycles. The van der Waals surface area contributed by atoms with Gasteiger partial charge in [0.1, 0.15) is 0 Å². The van der Waals surface area contributed by atoms with Gasteiger partial charge in [-0.15, -0.1) is 11.3 Å². The number of carbonyl (C=O) groups excluding carboxylic acids is 1. The molecule has 0 aromatic carbocycles. The third-order valence-electron chi connectivity index (χ3n) is 3.41. The summed E-state index contributed by atoms with van der Waals surface area (Å²) in [7, 11) is 0. The highest BCUT2D eigenvalue weighted by Gasteiger charge is 2.17. The number of fused-ring (bicyclic) bond motifs is 1. The minimum Gasteiger partial charge on any atom is -0.294 e. The van der Waals surface area contributed by atoms with Crippen LogP contribution in [0.3, 0.4) is 0 Å². The summed E-state index contributed by atoms with van der Waals surface area (Å²) in [5, 5.41) is 6.41. The van der Waals surface area contributed by atoms with Gasteiger partial charge in [-0.2, -0.15) is 5.10 Å². The van der Waals surface area contributed by atoms with E-state index in [1.165, 1.54) is 0 Å². The lowest BCUT2D eigenvalue weighted by Gasteiger charge is -2.05. The molecular weight excluding hydrogens is 350 g/mol. The summed E-state index contributed by atoms with van der Waals surface area (Å²) in [6.07, 6.45) is 1.98. The monoisotopic (exact) mass is 363 g/mol. The van der Waals surface area contributed by atoms with Gasteiger partial charge in [-0.25, -0.2) is 0 Å². The molecule has 0 atom stereocenters. The third kappa shape index (κ3) is 2.65. The normalized spacial score (nSPS) is 11.2. The predicted molar refractivity (Wildman–Crippen MR) is 88.0 cm³/mol. The van der Waals surface area contributed by atoms with Gasteiger partial charge in [0.25, 0.3) is 0 Å². The van der Waals surface area contributed by atoms with Crippen LogP contribution in [0.2, 0.25) is 0 Å². The fourth-order valence-corrected chi connectivity index (χ4v) is 3.50. The summed E-state index contributed by atoms with van der Waals surface area (Å²) in [6.45, 7) is 4.70. The predicted octanol–water partition coefficient (Wildman–Crippen LogP) is 4.01. The summed E-state index contributed by atoms with van der Waals surface area (Å²) >= 11 is 5.13. The van der Waals surface area contributed by atoms with Crippen LogP contribution in [-0.2, 0) is 13.0 Å². The molecule has 0 radical (unpaired) electrons. The van der Waals surface area contributed by atoms with Crippen molar-refractivity contribution in [1.82, 2.24) is 14.8 Å². The Labute approximate surface area is 134 Å². The van der Waals surface area contributed by atoms with Gasteiger partial charge in [0.05, 0.1) is 32.5 Å². The highest BCUT2D eigenvalue weighted by Crippen LogP contribution is 2.24. The smallest absolute Gasteiger partial charge is 0.170 e. The number of hydrogen-bond acceptors (Lipinski definition) is 4. The quantitative estimate of drug-likeness (QED) is 0.658. The third-order valence-corrected chi connectivity index (χ3v) is 5.29. The van der Waals surface area contributed by atoms with Crippen LogP contribution in [0.5, 0.6) is 0 Å². The van der Waals surface area contributed by atoms with Crippen molar-refractivity contribution in [3.05, 3.63) is 45.1 Å². The maximum Gasteiger partial charge on any atom is 0.170 e. The van der Waals surface area contributed by atoms with Crippen molar-refractivity contribution in [1.29, 1.82) is 0 Å². The zero-order valence-corrected chi connectivity index (χ0v) is 14.2. The summed E-state index contributed by atoms with van der Waals surface area (Å²) in [6, 6.07) is 3.88. The number of halogens is 1. The Hall–Kier alpha value is -1.53. The summed E-state index contributed by atoms with van der Waals surface area (Å²) in [4.78, 5) is 16.8. The molecule has 0 amide bonds. The van der Waals surface area contributed by atoms with Crippen molar-refractivity contribution in [2.45, 2.75) is 26.8 Å². The molecule has 0 fully saturated rings. The topological polar surface area (TPSA) is 47.8 Å². The standard InChI is InChI=1S/C15H14BrN3OS/c1-3-19-12(15(16)9(2)18-19)7-13(20)10-6-14-11(17-8-10)4-5-21-14/h4-6,8H,3,7H2,1-2H3. The average Bonchev–Trinajstić information content (AvgIpc) is 3.05. The molecule has 0 aliphatic heterocycles. The van der Waals surface area contributed by atoms with Crippen LogP contribution in [0.1, 0.15) is 28.7 Å². The van der Waals surface area contributed by atoms with Gasteiger partial charge >= 0.3 is 0 Å². The van der Waals surface area contributed by atoms with E-state index in [2.05, 4.69) is 26.0 Å². The van der Waals surface area contributed by atoms with Gasteiger partial charge in [0.15, 0.2) is 5.78 Å². The molecule has 4 nitrogen and oxygen atoms in total. The van der Waals surface area contributed by atoms with E-state index in [1.54, 1.807) is 17.5 Å². The van der Waals surface area contributed by atoms with Gasteiger partial charge in [-0.3, -0.25) is 14.5 Å². The van der Waals surface area contributed by atoms with Crippen LogP contribution in [0.15, 0.2) is 28.2 Å². The number of Topliss-reactive ketones (excluding diaryl/α,β-unsaturated/α-hetero) is 1. The van der Waals surface area contributed by atoms with E-state index in [0.29, 0.717) is 12.0 Å². The lowest BCUT2D eigenvalue weighted by Crippen LogP contribution is -2.10. The first kappa shape index (κ1) is 14.4. The Bertz CT molecular complexity index is 822. The van der Waals surface area contributed by atoms with Gasteiger partial charge in [0.2, 0.25) is 0 Å². The Morgan fingerprint density at radius 3 is 3.05 bits per heavy atom. The molecular formula is C15H14BrN3OS. The van der Waals surface area contributed by atoms with Crippen LogP contribution in [-0.4, -0.2) is 20.5 Å². The number of carbonyl (C=O) groups is 1. The second-order valence-corrected chi connectivity index (χ2v) is 6.53. The number of aryl methyl sites for hydroxylation is 2. The zero-order chi connectivity index (χ0) is 15.0. The molecule has 0 bridgehead atoms. The number of thiophene rings is 1. The maximum atomic E-state index is 12.5. The lowest BCUT2D eigenvalue weighted by atomic mass is 10.1. The molecule has 0 aliphatic carbocycles. The highest BCUT2D eigenvalue weighted by atomic mass is 79.9. The van der Waals surface area contributed by atoms with Crippen LogP contribution in [0, 0.1) is 6.92 Å². The second-order valence-electron chi connectivity index (χ2n) is 4.79. The number of rotatable bonds is 4. The minimum absolute atomic E-state index is 0.0631. The van der Waals surface area contributed by atoms with Crippen LogP contribution >= 0.6 is 27.3 Å². The van der Waals surface area contributed by atoms with Crippen LogP contribution in [0.4, 0.5) is 0 Å². The molecule has 3 heterocycles. The molecule has 3 aromatic rings. The maximum absolute atomic E-state index is 12.5. The molecule has 0 saturated heterocycles. The summed E-state index contributed by atoms with van der Waals surface area (Å²) < 4.78 is 3.83. The number of ketones is 1. The Balaban J connectivity index is 1.92. The van der Waals surface area contributed by atoms with E-state index in [0.717, 1.165) is 32.6 Å². The van der Waals surface area contributed by atoms with Gasteiger partial charge in [-0.05, 0) is 47.3 Å². The van der Waals surface area contributed by atoms with E-state index >= 15 is 0 Å². The molecule has 0 N–H and O–H groups in total. The minimum atomic E-state index is 0.0631. The average molecular weight is 364 g/mol. The summed E-state index contributed by atoms with van der Waals surface area (Å²) in [5.74, 6) is 0.0631. The first-order valence-electron chi connectivity index (χ1n) is 6.68. The van der Waals surface area contributed by atoms with Crippen molar-refractivity contribution < 1.29 is 4.79 Å². The molecule has 3 aromatic heterocycles. The Kier molecular flexibility index (Phi) is 3.91. The first-order valence-corrected chi connectivity index (χ1v) is 8.35. The van der Waals surface area contributed by atoms with Gasteiger partial charge in [0, 0.05) is 18.3 Å². The fourth-order valence-electron chi connectivity index (χ4n) is 2.29. The van der Waals surface area contributed by atoms with E-state index in [-0.39, 0.29) is 5.78 Å². The van der Waals surface area contributed by atoms with E-state index in [4.69, 9.17) is 0 Å². The van der Waals surface area contributed by atoms with E-state index < -0.39 is 0 Å². The van der Waals surface area contributed by atoms with Crippen molar-refractivity contribution in [3.8, 4) is 0 Å². The first-order chi connectivity index (χ1) is 10.1. The molecule has 0 unspecified atom stereocenters. The van der Waals surface area contributed by atoms with E-state index in [9.17, 15) is 4.79 Å². The number of hydrogen-bond donors (Lipinski definition) is 0. The largest absolute Gasteiger partial charge is 0.294 e. The Morgan fingerprint density at radius 1 is 1.48 bits per heavy atom. The SMILES string of the molecule is CCn1nc(C)c(Br)c1CC(=O)c1cnc2ccsc2c1. The fraction of sp³-hybridized carbons (Fsp3) is 0.267. The van der Waals surface area contributed by atoms with Gasteiger partial charge in [-0.1, -0.05) is 0 Å². The van der Waals surface area contributed by atoms with Crippen molar-refractivity contribution >= 4 is 43.3 Å². The van der Waals surface area contributed by atoms with Gasteiger partial charge < -0.3 is 0 Å². The zero-order valence-electron chi connectivity index (χ0n) is 11.8. The van der Waals surface area contributed by atoms with Crippen LogP contribution < -0.4 is 0 Å². The lowest BCUT2D eigenvalue weighted by molar-refractivity contribution is 0.0990. The molecule has 6 heteroatoms. The Morgan fingerprint density at radius 2 is 2.29 bits per heavy atom. The molecule has 21 heavy (non-hydrogen) atoms. The molecule has 108 valence electrons. The number of aromatic nitrogens is 3. The highest BCUT2D eigenvalue weighted by molar-refractivity contribution is 9.10. The van der Waals surface area contributed by atoms with Crippen molar-refractivity contribution in [3.63, 3.8) is 0 Å². The number of pyridine rings is 1. The molecule has 0 spiro atoms. The van der Waals surface area contributed by atoms with Crippen LogP contribution in [0.25, 0.3) is 10.2 Å². The van der Waals surface area contributed by atoms with E-state index in [1.807, 2.05) is 36.0 Å². The van der Waals surface area contributed by atoms with Crippen molar-refractivity contribution in [2.24, 2.45) is 0 Å². The second kappa shape index (κ2) is 5.69. The molecule has 0 aliphatic rings. The summed E-state index contributed by atoms with van der Waals surface area (Å²) in [5.41, 5.74) is 3.42.